The zero-order valence-corrected chi connectivity index (χ0v) is 5.54. The van der Waals surface area contributed by atoms with Crippen LogP contribution in [0.4, 0.5) is 0 Å². The van der Waals surface area contributed by atoms with Crippen LogP contribution in [-0.2, 0) is 9.59 Å². The molecule has 0 radical (unpaired) electrons. The number of carboxylic acid groups (broad SMARTS) is 2. The van der Waals surface area contributed by atoms with Crippen LogP contribution in [0.25, 0.3) is 0 Å². The summed E-state index contributed by atoms with van der Waals surface area (Å²) in [6.45, 7) is 0. The first-order valence-electron chi connectivity index (χ1n) is 3.06. The summed E-state index contributed by atoms with van der Waals surface area (Å²) in [6, 6.07) is 0. The second kappa shape index (κ2) is 13.2. The maximum absolute atomic E-state index is 9.90. The van der Waals surface area contributed by atoms with Gasteiger partial charge in [-0.05, 0) is 12.8 Å². The molecule has 0 heterocycles. The monoisotopic (exact) mass is 226 g/mol. The van der Waals surface area contributed by atoms with Crippen molar-refractivity contribution in [3.05, 3.63) is 0 Å². The van der Waals surface area contributed by atoms with Gasteiger partial charge in [0.15, 0.2) is 0 Å². The first kappa shape index (κ1) is 19.7. The van der Waals surface area contributed by atoms with Gasteiger partial charge in [-0.25, -0.2) is 0 Å². The molecule has 0 saturated heterocycles. The normalized spacial score (nSPS) is 7.67. The van der Waals surface area contributed by atoms with Gasteiger partial charge in [0.2, 0.25) is 0 Å². The Hall–Kier alpha value is 2.21. The molecule has 2 N–H and O–H groups in total. The molecule has 0 aromatic heterocycles. The van der Waals surface area contributed by atoms with Gasteiger partial charge in [0.1, 0.15) is 0 Å². The number of carbonyl (C=O) groups is 2. The Bertz CT molecular complexity index is 122. The average molecular weight is 226 g/mol. The zero-order valence-electron chi connectivity index (χ0n) is 5.54. The van der Waals surface area contributed by atoms with Gasteiger partial charge in [0.05, 0.1) is 0 Å². The van der Waals surface area contributed by atoms with Crippen LogP contribution in [0, 0.1) is 0 Å². The van der Waals surface area contributed by atoms with Crippen molar-refractivity contribution in [3.63, 3.8) is 0 Å². The van der Waals surface area contributed by atoms with Crippen molar-refractivity contribution >= 4 is 115 Å². The predicted octanol–water partition coefficient (Wildman–Crippen LogP) is -0.581. The summed E-state index contributed by atoms with van der Waals surface area (Å²) >= 11 is 0. The summed E-state index contributed by atoms with van der Waals surface area (Å²) in [5.74, 6) is -1.74. The molecule has 0 amide bonds. The molecule has 0 unspecified atom stereocenters. The number of carboxylic acids is 2. The van der Waals surface area contributed by atoms with E-state index in [9.17, 15) is 9.59 Å². The molecule has 0 aliphatic carbocycles. The number of unbranched alkanes of at least 4 members (excludes halogenated alkanes) is 1. The molecule has 0 fully saturated rings. The van der Waals surface area contributed by atoms with Crippen molar-refractivity contribution in [2.75, 3.05) is 0 Å². The molecular weight excluding hydrogens is 214 g/mol. The van der Waals surface area contributed by atoms with Gasteiger partial charge < -0.3 is 10.2 Å². The van der Waals surface area contributed by atoms with Crippen molar-refractivity contribution in [2.45, 2.75) is 25.7 Å². The van der Waals surface area contributed by atoms with E-state index in [4.69, 9.17) is 10.2 Å². The SMILES string of the molecule is O=C(O)CCCCC(=O)O.[KH].[KH]. The molecule has 0 aliphatic heterocycles. The second-order valence-corrected chi connectivity index (χ2v) is 1.99. The standard InChI is InChI=1S/C6H10O4.2K.2H/c7-5(8)3-1-2-4-6(9)10;;;;/h1-4H2,(H,7,8)(H,9,10);;;;. The van der Waals surface area contributed by atoms with Crippen LogP contribution in [0.15, 0.2) is 0 Å². The van der Waals surface area contributed by atoms with E-state index >= 15 is 0 Å². The molecule has 62 valence electrons. The Labute approximate surface area is 156 Å². The first-order valence-corrected chi connectivity index (χ1v) is 3.06. The van der Waals surface area contributed by atoms with Crippen LogP contribution in [-0.4, -0.2) is 125 Å². The fraction of sp³-hybridized carbons (Fsp3) is 0.667. The van der Waals surface area contributed by atoms with E-state index in [2.05, 4.69) is 0 Å². The van der Waals surface area contributed by atoms with Gasteiger partial charge >= 0.3 is 115 Å². The third-order valence-electron chi connectivity index (χ3n) is 1.03. The van der Waals surface area contributed by atoms with E-state index in [0.717, 1.165) is 0 Å². The maximum atomic E-state index is 9.90. The molecule has 6 heteroatoms. The minimum atomic E-state index is -0.870. The molecule has 12 heavy (non-hydrogen) atoms. The molecule has 4 nitrogen and oxygen atoms in total. The Kier molecular flexibility index (Phi) is 21.7. The summed E-state index contributed by atoms with van der Waals surface area (Å²) in [6.07, 6.45) is 1.02. The van der Waals surface area contributed by atoms with Gasteiger partial charge in [0.25, 0.3) is 0 Å². The number of rotatable bonds is 5. The Morgan fingerprint density at radius 1 is 0.833 bits per heavy atom. The summed E-state index contributed by atoms with van der Waals surface area (Å²) in [5, 5.41) is 16.3. The van der Waals surface area contributed by atoms with E-state index in [0.29, 0.717) is 12.8 Å². The van der Waals surface area contributed by atoms with Crippen molar-refractivity contribution in [3.8, 4) is 0 Å². The predicted molar refractivity (Wildman–Crippen MR) is 48.0 cm³/mol. The fourth-order valence-electron chi connectivity index (χ4n) is 0.552. The fourth-order valence-corrected chi connectivity index (χ4v) is 0.552. The molecule has 0 aliphatic rings. The summed E-state index contributed by atoms with van der Waals surface area (Å²) < 4.78 is 0. The molecule has 0 aromatic rings. The van der Waals surface area contributed by atoms with Crippen LogP contribution < -0.4 is 0 Å². The topological polar surface area (TPSA) is 74.6 Å². The molecule has 0 spiro atoms. The van der Waals surface area contributed by atoms with Crippen molar-refractivity contribution in [2.24, 2.45) is 0 Å². The first-order chi connectivity index (χ1) is 4.63. The molecular formula is C6H12K2O4. The van der Waals surface area contributed by atoms with Crippen LogP contribution in [0.1, 0.15) is 25.7 Å². The van der Waals surface area contributed by atoms with Crippen LogP contribution in [0.5, 0.6) is 0 Å². The van der Waals surface area contributed by atoms with Crippen molar-refractivity contribution < 1.29 is 19.8 Å². The Morgan fingerprint density at radius 2 is 1.08 bits per heavy atom. The summed E-state index contributed by atoms with van der Waals surface area (Å²) in [7, 11) is 0. The summed E-state index contributed by atoms with van der Waals surface area (Å²) in [4.78, 5) is 19.8. The average Bonchev–Trinajstić information content (AvgIpc) is 1.79. The zero-order chi connectivity index (χ0) is 7.98. The summed E-state index contributed by atoms with van der Waals surface area (Å²) in [5.41, 5.74) is 0. The minimum absolute atomic E-state index is 0. The molecule has 0 saturated carbocycles. The van der Waals surface area contributed by atoms with Crippen LogP contribution in [0.2, 0.25) is 0 Å². The quantitative estimate of drug-likeness (QED) is 0.486. The van der Waals surface area contributed by atoms with E-state index in [1.807, 2.05) is 0 Å². The van der Waals surface area contributed by atoms with Crippen LogP contribution >= 0.6 is 0 Å². The van der Waals surface area contributed by atoms with Gasteiger partial charge in [-0.2, -0.15) is 0 Å². The van der Waals surface area contributed by atoms with Gasteiger partial charge in [-0.1, -0.05) is 0 Å². The van der Waals surface area contributed by atoms with Crippen molar-refractivity contribution in [1.82, 2.24) is 0 Å². The third-order valence-corrected chi connectivity index (χ3v) is 1.03. The van der Waals surface area contributed by atoms with E-state index in [1.54, 1.807) is 0 Å². The van der Waals surface area contributed by atoms with Gasteiger partial charge in [-0.3, -0.25) is 9.59 Å². The molecule has 0 aromatic carbocycles. The molecule has 0 rings (SSSR count). The third kappa shape index (κ3) is 18.1. The Morgan fingerprint density at radius 3 is 1.25 bits per heavy atom. The van der Waals surface area contributed by atoms with Crippen LogP contribution in [0.3, 0.4) is 0 Å². The number of hydrogen-bond donors (Lipinski definition) is 2. The Balaban J connectivity index is -0.000000405. The number of aliphatic carboxylic acids is 2. The van der Waals surface area contributed by atoms with E-state index < -0.39 is 11.9 Å². The van der Waals surface area contributed by atoms with Gasteiger partial charge in [-0.15, -0.1) is 0 Å². The second-order valence-electron chi connectivity index (χ2n) is 1.99. The van der Waals surface area contributed by atoms with E-state index in [1.165, 1.54) is 0 Å². The van der Waals surface area contributed by atoms with E-state index in [-0.39, 0.29) is 116 Å². The molecule has 0 atom stereocenters. The number of hydrogen-bond acceptors (Lipinski definition) is 2. The van der Waals surface area contributed by atoms with Crippen molar-refractivity contribution in [1.29, 1.82) is 0 Å². The van der Waals surface area contributed by atoms with Gasteiger partial charge in [0, 0.05) is 12.8 Å². The molecule has 0 bridgehead atoms.